The quantitative estimate of drug-likeness (QED) is 0.539. The summed E-state index contributed by atoms with van der Waals surface area (Å²) in [6, 6.07) is 1.21. The van der Waals surface area contributed by atoms with Crippen molar-refractivity contribution in [1.29, 1.82) is 0 Å². The van der Waals surface area contributed by atoms with Crippen molar-refractivity contribution in [3.63, 3.8) is 0 Å². The summed E-state index contributed by atoms with van der Waals surface area (Å²) in [6.07, 6.45) is 0. The van der Waals surface area contributed by atoms with E-state index in [1.807, 2.05) is 0 Å². The Morgan fingerprint density at radius 1 is 1.25 bits per heavy atom. The van der Waals surface area contributed by atoms with Crippen LogP contribution in [0.1, 0.15) is 6.92 Å². The number of rotatable bonds is 4. The number of halogens is 1. The lowest BCUT2D eigenvalue weighted by atomic mass is 11.0. The summed E-state index contributed by atoms with van der Waals surface area (Å²) >= 11 is 6.45. The molecule has 0 aliphatic rings. The molecule has 0 radical (unpaired) electrons. The summed E-state index contributed by atoms with van der Waals surface area (Å²) in [4.78, 5) is 0. The fourth-order valence-electron chi connectivity index (χ4n) is 1.72. The molecule has 0 fully saturated rings. The maximum atomic E-state index is 6.45. The van der Waals surface area contributed by atoms with E-state index in [0.717, 1.165) is 0 Å². The molecule has 0 aromatic heterocycles. The van der Waals surface area contributed by atoms with E-state index in [-0.39, 0.29) is 0 Å². The SMILES string of the molecule is CC[SiH](Cl)N([SiH](C)C)[Si](C)(C)C. The van der Waals surface area contributed by atoms with Gasteiger partial charge in [-0.15, -0.1) is 0 Å². The van der Waals surface area contributed by atoms with Crippen LogP contribution in [0.2, 0.25) is 38.8 Å². The van der Waals surface area contributed by atoms with Crippen LogP contribution in [0.3, 0.4) is 0 Å². The smallest absolute Gasteiger partial charge is 0.200 e. The molecule has 0 aromatic carbocycles. The van der Waals surface area contributed by atoms with Crippen molar-refractivity contribution in [3.05, 3.63) is 0 Å². The van der Waals surface area contributed by atoms with Gasteiger partial charge >= 0.3 is 0 Å². The fourth-order valence-corrected chi connectivity index (χ4v) is 20.1. The second-order valence-corrected chi connectivity index (χ2v) is 17.5. The molecule has 0 spiro atoms. The molecule has 0 aliphatic heterocycles. The molecule has 74 valence electrons. The normalized spacial score (nSPS) is 15.8. The van der Waals surface area contributed by atoms with Gasteiger partial charge in [-0.3, -0.25) is 0 Å². The standard InChI is InChI=1S/C7H22ClNSi3/c1-7-11(8)9(10(2)3)12(4,5)6/h10-11H,7H2,1-6H3. The highest BCUT2D eigenvalue weighted by atomic mass is 35.6. The topological polar surface area (TPSA) is 3.24 Å². The lowest BCUT2D eigenvalue weighted by Crippen LogP contribution is -2.57. The highest BCUT2D eigenvalue weighted by molar-refractivity contribution is 7.14. The van der Waals surface area contributed by atoms with Crippen molar-refractivity contribution in [1.82, 2.24) is 3.90 Å². The van der Waals surface area contributed by atoms with Gasteiger partial charge in [-0.1, -0.05) is 39.7 Å². The van der Waals surface area contributed by atoms with Crippen LogP contribution in [0.25, 0.3) is 0 Å². The van der Waals surface area contributed by atoms with Gasteiger partial charge in [0.15, 0.2) is 8.27 Å². The zero-order chi connectivity index (χ0) is 9.94. The number of hydrogen-bond acceptors (Lipinski definition) is 1. The first-order chi connectivity index (χ1) is 5.30. The van der Waals surface area contributed by atoms with Crippen molar-refractivity contribution in [3.8, 4) is 0 Å². The van der Waals surface area contributed by atoms with Gasteiger partial charge in [0, 0.05) is 0 Å². The van der Waals surface area contributed by atoms with Crippen LogP contribution in [0.5, 0.6) is 0 Å². The minimum Gasteiger partial charge on any atom is -0.361 e. The summed E-state index contributed by atoms with van der Waals surface area (Å²) in [5, 5.41) is 0. The molecule has 5 heteroatoms. The van der Waals surface area contributed by atoms with Crippen molar-refractivity contribution >= 4 is 36.5 Å². The highest BCUT2D eigenvalue weighted by Gasteiger charge is 2.31. The van der Waals surface area contributed by atoms with Gasteiger partial charge in [0.2, 0.25) is 0 Å². The van der Waals surface area contributed by atoms with Gasteiger partial charge in [0.05, 0.1) is 8.96 Å². The molecule has 0 N–H and O–H groups in total. The van der Waals surface area contributed by atoms with Crippen LogP contribution in [0, 0.1) is 0 Å². The maximum Gasteiger partial charge on any atom is 0.200 e. The largest absolute Gasteiger partial charge is 0.361 e. The molecule has 12 heavy (non-hydrogen) atoms. The first-order valence-corrected chi connectivity index (χ1v) is 14.1. The molecular weight excluding hydrogens is 218 g/mol. The zero-order valence-corrected chi connectivity index (χ0v) is 13.3. The van der Waals surface area contributed by atoms with Crippen molar-refractivity contribution in [2.75, 3.05) is 0 Å². The molecule has 0 bridgehead atoms. The summed E-state index contributed by atoms with van der Waals surface area (Å²) in [7, 11) is -2.82. The Kier molecular flexibility index (Phi) is 5.32. The summed E-state index contributed by atoms with van der Waals surface area (Å²) in [6.45, 7) is 14.3. The summed E-state index contributed by atoms with van der Waals surface area (Å²) in [5.74, 6) is 0. The van der Waals surface area contributed by atoms with Crippen LogP contribution in [0.4, 0.5) is 0 Å². The maximum absolute atomic E-state index is 6.45. The molecule has 0 saturated carbocycles. The van der Waals surface area contributed by atoms with Crippen molar-refractivity contribution in [2.24, 2.45) is 0 Å². The van der Waals surface area contributed by atoms with Gasteiger partial charge in [-0.05, 0) is 6.04 Å². The van der Waals surface area contributed by atoms with Crippen molar-refractivity contribution < 1.29 is 0 Å². The predicted octanol–water partition coefficient (Wildman–Crippen LogP) is 2.59. The van der Waals surface area contributed by atoms with E-state index in [4.69, 9.17) is 11.1 Å². The fraction of sp³-hybridized carbons (Fsp3) is 1.00. The van der Waals surface area contributed by atoms with Crippen molar-refractivity contribution in [2.45, 2.75) is 45.7 Å². The first kappa shape index (κ1) is 12.9. The monoisotopic (exact) mass is 239 g/mol. The third-order valence-corrected chi connectivity index (χ3v) is 18.5. The Morgan fingerprint density at radius 2 is 1.67 bits per heavy atom. The number of hydrogen-bond donors (Lipinski definition) is 0. The van der Waals surface area contributed by atoms with Crippen LogP contribution in [-0.2, 0) is 0 Å². The van der Waals surface area contributed by atoms with Gasteiger partial charge < -0.3 is 3.90 Å². The minimum absolute atomic E-state index is 0.661. The third kappa shape index (κ3) is 3.74. The third-order valence-electron chi connectivity index (χ3n) is 1.97. The highest BCUT2D eigenvalue weighted by Crippen LogP contribution is 2.17. The summed E-state index contributed by atoms with van der Waals surface area (Å²) in [5.41, 5.74) is 0. The van der Waals surface area contributed by atoms with E-state index in [0.29, 0.717) is 0 Å². The Balaban J connectivity index is 4.44. The van der Waals surface area contributed by atoms with Gasteiger partial charge in [0.1, 0.15) is 8.24 Å². The zero-order valence-electron chi connectivity index (χ0n) is 9.19. The second-order valence-electron chi connectivity index (χ2n) is 4.51. The van der Waals surface area contributed by atoms with Gasteiger partial charge in [0.25, 0.3) is 0 Å². The Hall–Kier alpha value is 0.901. The van der Waals surface area contributed by atoms with Gasteiger partial charge in [-0.2, -0.15) is 11.1 Å². The lowest BCUT2D eigenvalue weighted by Gasteiger charge is -2.40. The molecule has 0 saturated heterocycles. The van der Waals surface area contributed by atoms with E-state index >= 15 is 0 Å². The molecule has 1 atom stereocenters. The average molecular weight is 240 g/mol. The van der Waals surface area contributed by atoms with E-state index in [2.05, 4.69) is 43.6 Å². The Labute approximate surface area is 86.3 Å². The Bertz CT molecular complexity index is 135. The van der Waals surface area contributed by atoms with E-state index < -0.39 is 25.5 Å². The molecule has 0 heterocycles. The van der Waals surface area contributed by atoms with Crippen LogP contribution >= 0.6 is 11.1 Å². The van der Waals surface area contributed by atoms with E-state index in [9.17, 15) is 0 Å². The number of nitrogens with zero attached hydrogens (tertiary/aromatic N) is 1. The van der Waals surface area contributed by atoms with Gasteiger partial charge in [-0.25, -0.2) is 0 Å². The lowest BCUT2D eigenvalue weighted by molar-refractivity contribution is 0.965. The van der Waals surface area contributed by atoms with E-state index in [1.54, 1.807) is 0 Å². The minimum atomic E-state index is -1.11. The van der Waals surface area contributed by atoms with Crippen LogP contribution in [0.15, 0.2) is 0 Å². The van der Waals surface area contributed by atoms with E-state index in [1.165, 1.54) is 6.04 Å². The molecule has 0 rings (SSSR count). The van der Waals surface area contributed by atoms with Crippen LogP contribution in [-0.4, -0.2) is 29.4 Å². The second kappa shape index (κ2) is 4.95. The summed E-state index contributed by atoms with van der Waals surface area (Å²) < 4.78 is 2.76. The van der Waals surface area contributed by atoms with Crippen LogP contribution < -0.4 is 0 Å². The predicted molar refractivity (Wildman–Crippen MR) is 67.5 cm³/mol. The molecule has 0 aromatic rings. The molecule has 0 aliphatic carbocycles. The molecule has 1 unspecified atom stereocenters. The molecule has 0 amide bonds. The Morgan fingerprint density at radius 3 is 1.75 bits per heavy atom. The first-order valence-electron chi connectivity index (χ1n) is 4.73. The average Bonchev–Trinajstić information content (AvgIpc) is 1.83. The molecule has 1 nitrogen and oxygen atoms in total. The molecular formula is C7H22ClNSi3.